The number of amides is 2. The van der Waals surface area contributed by atoms with E-state index in [0.29, 0.717) is 38.4 Å². The topological polar surface area (TPSA) is 105 Å². The predicted octanol–water partition coefficient (Wildman–Crippen LogP) is 1.21. The van der Waals surface area contributed by atoms with E-state index in [0.717, 1.165) is 31.4 Å². The Morgan fingerprint density at radius 3 is 2.45 bits per heavy atom. The number of piperazine rings is 1. The van der Waals surface area contributed by atoms with Crippen molar-refractivity contribution in [2.75, 3.05) is 49.5 Å². The monoisotopic (exact) mass is 451 g/mol. The molecular weight excluding hydrogens is 418 g/mol. The Morgan fingerprint density at radius 2 is 1.81 bits per heavy atom. The van der Waals surface area contributed by atoms with Gasteiger partial charge in [0.15, 0.2) is 9.84 Å². The van der Waals surface area contributed by atoms with Gasteiger partial charge in [0.05, 0.1) is 29.8 Å². The van der Waals surface area contributed by atoms with Gasteiger partial charge >= 0.3 is 0 Å². The normalized spacial score (nSPS) is 24.9. The summed E-state index contributed by atoms with van der Waals surface area (Å²) in [5, 5.41) is 7.32. The van der Waals surface area contributed by atoms with Crippen LogP contribution in [0.2, 0.25) is 0 Å². The number of nitrogens with zero attached hydrogens (tertiary/aromatic N) is 4. The molecular formula is C21H33N5O4S. The van der Waals surface area contributed by atoms with E-state index in [9.17, 15) is 18.0 Å². The van der Waals surface area contributed by atoms with Crippen LogP contribution in [0.5, 0.6) is 0 Å². The molecule has 4 rings (SSSR count). The van der Waals surface area contributed by atoms with E-state index in [1.807, 2.05) is 11.8 Å². The number of carbonyl (C=O) groups excluding carboxylic acids is 2. The van der Waals surface area contributed by atoms with Gasteiger partial charge in [0, 0.05) is 38.2 Å². The van der Waals surface area contributed by atoms with E-state index in [1.54, 1.807) is 10.7 Å². The molecule has 1 N–H and O–H groups in total. The van der Waals surface area contributed by atoms with Crippen LogP contribution in [-0.2, 0) is 19.4 Å². The first-order valence-electron chi connectivity index (χ1n) is 11.4. The smallest absolute Gasteiger partial charge is 0.239 e. The zero-order valence-electron chi connectivity index (χ0n) is 18.3. The van der Waals surface area contributed by atoms with E-state index >= 15 is 0 Å². The maximum atomic E-state index is 12.7. The van der Waals surface area contributed by atoms with Crippen molar-refractivity contribution in [3.8, 4) is 0 Å². The minimum absolute atomic E-state index is 0.0635. The number of anilines is 1. The third-order valence-corrected chi connectivity index (χ3v) is 8.44. The van der Waals surface area contributed by atoms with E-state index < -0.39 is 9.84 Å². The van der Waals surface area contributed by atoms with E-state index in [2.05, 4.69) is 15.3 Å². The van der Waals surface area contributed by atoms with E-state index in [1.165, 1.54) is 6.42 Å². The number of hydrogen-bond donors (Lipinski definition) is 1. The molecule has 0 bridgehead atoms. The zero-order chi connectivity index (χ0) is 22.0. The molecule has 2 aliphatic heterocycles. The fourth-order valence-electron chi connectivity index (χ4n) is 4.98. The summed E-state index contributed by atoms with van der Waals surface area (Å²) in [6, 6.07) is 1.55. The Labute approximate surface area is 184 Å². The van der Waals surface area contributed by atoms with Crippen LogP contribution in [0.3, 0.4) is 0 Å². The average molecular weight is 452 g/mol. The fourth-order valence-corrected chi connectivity index (χ4v) is 6.67. The molecule has 3 fully saturated rings. The van der Waals surface area contributed by atoms with E-state index in [-0.39, 0.29) is 41.8 Å². The molecule has 31 heavy (non-hydrogen) atoms. The van der Waals surface area contributed by atoms with Gasteiger partial charge in [-0.1, -0.05) is 19.3 Å². The third kappa shape index (κ3) is 5.46. The molecule has 10 heteroatoms. The highest BCUT2D eigenvalue weighted by Gasteiger charge is 2.32. The van der Waals surface area contributed by atoms with Gasteiger partial charge in [-0.15, -0.1) is 0 Å². The lowest BCUT2D eigenvalue weighted by Crippen LogP contribution is -2.52. The second kappa shape index (κ2) is 9.28. The van der Waals surface area contributed by atoms with Gasteiger partial charge in [0.1, 0.15) is 5.82 Å². The summed E-state index contributed by atoms with van der Waals surface area (Å²) in [7, 11) is -3.04. The van der Waals surface area contributed by atoms with Crippen LogP contribution >= 0.6 is 0 Å². The standard InChI is InChI=1S/C21H33N5O4S/c1-16-13-19(26(23-16)18-7-12-31(29,30)15-18)22-20(27)14-24-8-10-25(11-9-24)21(28)17-5-3-2-4-6-17/h13,17-18H,2-12,14-15H2,1H3,(H,22,27). The largest absolute Gasteiger partial charge is 0.340 e. The van der Waals surface area contributed by atoms with Crippen molar-refractivity contribution in [2.45, 2.75) is 51.5 Å². The summed E-state index contributed by atoms with van der Waals surface area (Å²) < 4.78 is 25.3. The summed E-state index contributed by atoms with van der Waals surface area (Å²) in [6.07, 6.45) is 6.08. The zero-order valence-corrected chi connectivity index (χ0v) is 19.1. The Kier molecular flexibility index (Phi) is 6.66. The third-order valence-electron chi connectivity index (χ3n) is 6.69. The molecule has 1 atom stereocenters. The number of nitrogens with one attached hydrogen (secondary N) is 1. The lowest BCUT2D eigenvalue weighted by Gasteiger charge is -2.36. The summed E-state index contributed by atoms with van der Waals surface area (Å²) >= 11 is 0. The van der Waals surface area contributed by atoms with Gasteiger partial charge < -0.3 is 10.2 Å². The Hall–Kier alpha value is -1.94. The molecule has 2 saturated heterocycles. The quantitative estimate of drug-likeness (QED) is 0.722. The molecule has 1 unspecified atom stereocenters. The maximum Gasteiger partial charge on any atom is 0.239 e. The molecule has 1 saturated carbocycles. The Morgan fingerprint density at radius 1 is 1.10 bits per heavy atom. The SMILES string of the molecule is Cc1cc(NC(=O)CN2CCN(C(=O)C3CCCCC3)CC2)n(C2CCS(=O)(=O)C2)n1. The lowest BCUT2D eigenvalue weighted by molar-refractivity contribution is -0.138. The van der Waals surface area contributed by atoms with Crippen LogP contribution in [0.25, 0.3) is 0 Å². The molecule has 172 valence electrons. The van der Waals surface area contributed by atoms with Crippen molar-refractivity contribution in [2.24, 2.45) is 5.92 Å². The first-order valence-corrected chi connectivity index (χ1v) is 13.2. The maximum absolute atomic E-state index is 12.7. The van der Waals surface area contributed by atoms with Crippen molar-refractivity contribution in [3.05, 3.63) is 11.8 Å². The number of carbonyl (C=O) groups is 2. The predicted molar refractivity (Wildman–Crippen MR) is 117 cm³/mol. The first-order chi connectivity index (χ1) is 14.8. The highest BCUT2D eigenvalue weighted by Crippen LogP contribution is 2.27. The second-order valence-corrected chi connectivity index (χ2v) is 11.4. The van der Waals surface area contributed by atoms with Crippen molar-refractivity contribution >= 4 is 27.5 Å². The van der Waals surface area contributed by atoms with Gasteiger partial charge in [-0.2, -0.15) is 5.10 Å². The number of aromatic nitrogens is 2. The molecule has 3 heterocycles. The molecule has 0 spiro atoms. The van der Waals surface area contributed by atoms with Gasteiger partial charge in [-0.3, -0.25) is 14.5 Å². The highest BCUT2D eigenvalue weighted by molar-refractivity contribution is 7.91. The number of hydrogen-bond acceptors (Lipinski definition) is 6. The summed E-state index contributed by atoms with van der Waals surface area (Å²) in [4.78, 5) is 29.4. The Balaban J connectivity index is 1.28. The summed E-state index contributed by atoms with van der Waals surface area (Å²) in [6.45, 7) is 4.78. The molecule has 2 amide bonds. The first kappa shape index (κ1) is 22.3. The molecule has 1 aromatic rings. The lowest BCUT2D eigenvalue weighted by atomic mass is 9.88. The van der Waals surface area contributed by atoms with Crippen LogP contribution in [0, 0.1) is 12.8 Å². The van der Waals surface area contributed by atoms with Crippen molar-refractivity contribution in [3.63, 3.8) is 0 Å². The van der Waals surface area contributed by atoms with Crippen LogP contribution in [0.4, 0.5) is 5.82 Å². The van der Waals surface area contributed by atoms with Crippen molar-refractivity contribution in [1.29, 1.82) is 0 Å². The second-order valence-electron chi connectivity index (χ2n) is 9.16. The number of sulfone groups is 1. The number of aryl methyl sites for hydroxylation is 1. The van der Waals surface area contributed by atoms with Crippen molar-refractivity contribution < 1.29 is 18.0 Å². The minimum atomic E-state index is -3.04. The van der Waals surface area contributed by atoms with Gasteiger partial charge in [0.25, 0.3) is 0 Å². The summed E-state index contributed by atoms with van der Waals surface area (Å²) in [5.74, 6) is 1.10. The van der Waals surface area contributed by atoms with Gasteiger partial charge in [-0.25, -0.2) is 13.1 Å². The van der Waals surface area contributed by atoms with Gasteiger partial charge in [-0.05, 0) is 26.2 Å². The highest BCUT2D eigenvalue weighted by atomic mass is 32.2. The molecule has 0 radical (unpaired) electrons. The minimum Gasteiger partial charge on any atom is -0.340 e. The molecule has 1 aromatic heterocycles. The molecule has 9 nitrogen and oxygen atoms in total. The fraction of sp³-hybridized carbons (Fsp3) is 0.762. The molecule has 0 aromatic carbocycles. The van der Waals surface area contributed by atoms with Crippen LogP contribution in [-0.4, -0.2) is 84.0 Å². The van der Waals surface area contributed by atoms with Crippen LogP contribution in [0.1, 0.15) is 50.3 Å². The van der Waals surface area contributed by atoms with Crippen LogP contribution < -0.4 is 5.32 Å². The van der Waals surface area contributed by atoms with Gasteiger partial charge in [0.2, 0.25) is 11.8 Å². The molecule has 1 aliphatic carbocycles. The number of rotatable bonds is 5. The average Bonchev–Trinajstić information content (AvgIpc) is 3.29. The molecule has 3 aliphatic rings. The van der Waals surface area contributed by atoms with Crippen molar-refractivity contribution in [1.82, 2.24) is 19.6 Å². The van der Waals surface area contributed by atoms with Crippen LogP contribution in [0.15, 0.2) is 6.07 Å². The Bertz CT molecular complexity index is 914. The summed E-state index contributed by atoms with van der Waals surface area (Å²) in [5.41, 5.74) is 0.745. The van der Waals surface area contributed by atoms with E-state index in [4.69, 9.17) is 0 Å².